The second-order valence-corrected chi connectivity index (χ2v) is 7.43. The molecule has 2 N–H and O–H groups in total. The molecule has 3 aromatic rings. The Morgan fingerprint density at radius 3 is 2.22 bits per heavy atom. The Hall–Kier alpha value is -3.54. The molecule has 0 aliphatic rings. The van der Waals surface area contributed by atoms with Crippen molar-refractivity contribution in [3.8, 4) is 0 Å². The van der Waals surface area contributed by atoms with Crippen LogP contribution in [0.15, 0.2) is 103 Å². The first-order valence-electron chi connectivity index (χ1n) is 10.6. The molecule has 160 valence electrons. The summed E-state index contributed by atoms with van der Waals surface area (Å²) in [7, 11) is -1.44. The van der Waals surface area contributed by atoms with Gasteiger partial charge in [-0.25, -0.2) is 4.57 Å². The normalized spacial score (nSPS) is 11.9. The van der Waals surface area contributed by atoms with Crippen LogP contribution in [-0.4, -0.2) is 23.4 Å². The van der Waals surface area contributed by atoms with E-state index >= 15 is 0 Å². The van der Waals surface area contributed by atoms with Gasteiger partial charge in [-0.2, -0.15) is 0 Å². The van der Waals surface area contributed by atoms with Crippen molar-refractivity contribution < 1.29 is 14.6 Å². The van der Waals surface area contributed by atoms with Crippen LogP contribution < -0.4 is 10.0 Å². The third-order valence-corrected chi connectivity index (χ3v) is 5.06. The number of hydrogen-bond donors (Lipinski definition) is 2. The highest BCUT2D eigenvalue weighted by atomic mass is 16.4. The molecule has 1 heterocycles. The van der Waals surface area contributed by atoms with E-state index in [0.29, 0.717) is 18.6 Å². The predicted octanol–water partition coefficient (Wildman–Crippen LogP) is 3.58. The summed E-state index contributed by atoms with van der Waals surface area (Å²) in [6.07, 6.45) is 13.9. The lowest BCUT2D eigenvalue weighted by Gasteiger charge is -2.03. The Morgan fingerprint density at radius 2 is 1.62 bits per heavy atom. The van der Waals surface area contributed by atoms with Crippen molar-refractivity contribution in [1.29, 1.82) is 0 Å². The molecule has 0 spiro atoms. The van der Waals surface area contributed by atoms with E-state index in [1.54, 1.807) is 12.1 Å². The largest absolute Gasteiger partial charge is 0.488 e. The molecule has 0 fully saturated rings. The Bertz CT molecular complexity index is 1100. The van der Waals surface area contributed by atoms with Crippen molar-refractivity contribution >= 4 is 30.4 Å². The maximum atomic E-state index is 9.21. The van der Waals surface area contributed by atoms with Crippen molar-refractivity contribution in [2.24, 2.45) is 4.99 Å². The highest BCUT2D eigenvalue weighted by Gasteiger charge is 2.11. The zero-order valence-corrected chi connectivity index (χ0v) is 18.3. The van der Waals surface area contributed by atoms with Crippen LogP contribution in [0.1, 0.15) is 29.2 Å². The molecular weight excluding hydrogens is 395 g/mol. The maximum absolute atomic E-state index is 9.21. The number of nitrogens with zero attached hydrogens (tertiary/aromatic N) is 2. The molecule has 0 amide bonds. The minimum atomic E-state index is -1.44. The van der Waals surface area contributed by atoms with Crippen molar-refractivity contribution in [2.45, 2.75) is 20.0 Å². The fraction of sp³-hybridized carbons (Fsp3) is 0.111. The second-order valence-electron chi connectivity index (χ2n) is 7.43. The third-order valence-electron chi connectivity index (χ3n) is 5.06. The van der Waals surface area contributed by atoms with Crippen molar-refractivity contribution in [3.63, 3.8) is 0 Å². The van der Waals surface area contributed by atoms with E-state index in [-0.39, 0.29) is 0 Å². The van der Waals surface area contributed by atoms with Gasteiger partial charge in [0.2, 0.25) is 0 Å². The van der Waals surface area contributed by atoms with Crippen molar-refractivity contribution in [1.82, 2.24) is 0 Å². The molecule has 32 heavy (non-hydrogen) atoms. The van der Waals surface area contributed by atoms with Gasteiger partial charge >= 0.3 is 7.12 Å². The SMILES string of the molecule is C=Cc1ccc(CN=C/C=C(\C=C/C)c2cc[n+](Cc3ccc(B(O)O)cc3)cc2)cc1. The molecule has 0 bridgehead atoms. The van der Waals surface area contributed by atoms with Gasteiger partial charge in [0, 0.05) is 23.9 Å². The van der Waals surface area contributed by atoms with E-state index in [0.717, 1.165) is 27.8 Å². The molecular formula is C27H28BN2O2+. The molecule has 0 radical (unpaired) electrons. The van der Waals surface area contributed by atoms with Crippen LogP contribution in [0.4, 0.5) is 0 Å². The van der Waals surface area contributed by atoms with Crippen LogP contribution in [-0.2, 0) is 13.1 Å². The molecule has 0 saturated heterocycles. The average Bonchev–Trinajstić information content (AvgIpc) is 2.82. The monoisotopic (exact) mass is 423 g/mol. The van der Waals surface area contributed by atoms with E-state index in [9.17, 15) is 10.0 Å². The summed E-state index contributed by atoms with van der Waals surface area (Å²) < 4.78 is 2.09. The van der Waals surface area contributed by atoms with E-state index < -0.39 is 7.12 Å². The van der Waals surface area contributed by atoms with E-state index in [1.807, 2.05) is 68.0 Å². The van der Waals surface area contributed by atoms with Crippen LogP contribution in [0.2, 0.25) is 0 Å². The summed E-state index contributed by atoms with van der Waals surface area (Å²) >= 11 is 0. The first-order chi connectivity index (χ1) is 15.6. The number of hydrogen-bond acceptors (Lipinski definition) is 3. The molecule has 0 aliphatic carbocycles. The van der Waals surface area contributed by atoms with Gasteiger partial charge in [-0.05, 0) is 40.7 Å². The lowest BCUT2D eigenvalue weighted by atomic mass is 9.80. The van der Waals surface area contributed by atoms with Gasteiger partial charge < -0.3 is 10.0 Å². The first kappa shape index (κ1) is 23.1. The summed E-state index contributed by atoms with van der Waals surface area (Å²) in [6, 6.07) is 19.7. The number of benzene rings is 2. The molecule has 0 atom stereocenters. The molecule has 0 saturated carbocycles. The standard InChI is InChI=1S/C27H28BN2O2/c1-3-5-25(14-17-29-20-23-8-6-22(4-2)7-9-23)26-15-18-30(19-16-26)21-24-10-12-27(13-11-24)28(31)32/h3-19,31-32H,2,20-21H2,1H3/q+1/b5-3-,25-14+,29-17?. The maximum Gasteiger partial charge on any atom is 0.488 e. The third kappa shape index (κ3) is 6.74. The lowest BCUT2D eigenvalue weighted by molar-refractivity contribution is -0.688. The molecule has 3 rings (SSSR count). The summed E-state index contributed by atoms with van der Waals surface area (Å²) in [5.74, 6) is 0. The average molecular weight is 423 g/mol. The van der Waals surface area contributed by atoms with E-state index in [4.69, 9.17) is 0 Å². The van der Waals surface area contributed by atoms with Gasteiger partial charge in [-0.1, -0.05) is 73.3 Å². The minimum Gasteiger partial charge on any atom is -0.423 e. The van der Waals surface area contributed by atoms with Crippen molar-refractivity contribution in [2.75, 3.05) is 0 Å². The molecule has 5 heteroatoms. The molecule has 0 aliphatic heterocycles. The fourth-order valence-electron chi connectivity index (χ4n) is 3.24. The van der Waals surface area contributed by atoms with Crippen LogP contribution in [0.25, 0.3) is 11.6 Å². The van der Waals surface area contributed by atoms with Crippen LogP contribution in [0.5, 0.6) is 0 Å². The molecule has 4 nitrogen and oxygen atoms in total. The van der Waals surface area contributed by atoms with Gasteiger partial charge in [-0.15, -0.1) is 0 Å². The summed E-state index contributed by atoms with van der Waals surface area (Å²) in [4.78, 5) is 4.54. The quantitative estimate of drug-likeness (QED) is 0.239. The topological polar surface area (TPSA) is 56.7 Å². The molecule has 0 unspecified atom stereocenters. The number of allylic oxidation sites excluding steroid dienone is 4. The van der Waals surface area contributed by atoms with Gasteiger partial charge in [0.15, 0.2) is 18.9 Å². The van der Waals surface area contributed by atoms with Gasteiger partial charge in [0.05, 0.1) is 6.54 Å². The summed E-state index contributed by atoms with van der Waals surface area (Å²) in [6.45, 7) is 7.12. The zero-order chi connectivity index (χ0) is 22.8. The van der Waals surface area contributed by atoms with Crippen LogP contribution in [0.3, 0.4) is 0 Å². The number of pyridine rings is 1. The lowest BCUT2D eigenvalue weighted by Crippen LogP contribution is -2.34. The smallest absolute Gasteiger partial charge is 0.423 e. The minimum absolute atomic E-state index is 0.491. The van der Waals surface area contributed by atoms with E-state index in [2.05, 4.69) is 46.5 Å². The number of aromatic nitrogens is 1. The second kappa shape index (κ2) is 11.7. The predicted molar refractivity (Wildman–Crippen MR) is 134 cm³/mol. The first-order valence-corrected chi connectivity index (χ1v) is 10.6. The van der Waals surface area contributed by atoms with E-state index in [1.165, 1.54) is 0 Å². The highest BCUT2D eigenvalue weighted by molar-refractivity contribution is 6.58. The van der Waals surface area contributed by atoms with Gasteiger partial charge in [0.25, 0.3) is 0 Å². The fourth-order valence-corrected chi connectivity index (χ4v) is 3.24. The Balaban J connectivity index is 1.65. The molecule has 2 aromatic carbocycles. The highest BCUT2D eigenvalue weighted by Crippen LogP contribution is 2.14. The summed E-state index contributed by atoms with van der Waals surface area (Å²) in [5.41, 5.74) is 6.05. The Labute approximate surface area is 190 Å². The number of rotatable bonds is 9. The zero-order valence-electron chi connectivity index (χ0n) is 18.3. The van der Waals surface area contributed by atoms with Crippen LogP contribution >= 0.6 is 0 Å². The van der Waals surface area contributed by atoms with Gasteiger partial charge in [0.1, 0.15) is 0 Å². The summed E-state index contributed by atoms with van der Waals surface area (Å²) in [5, 5.41) is 18.4. The number of aliphatic imine (C=N–C) groups is 1. The van der Waals surface area contributed by atoms with Crippen molar-refractivity contribution in [3.05, 3.63) is 120 Å². The van der Waals surface area contributed by atoms with Gasteiger partial charge in [-0.3, -0.25) is 4.99 Å². The molecule has 1 aromatic heterocycles. The van der Waals surface area contributed by atoms with Crippen LogP contribution in [0, 0.1) is 0 Å². The Kier molecular flexibility index (Phi) is 8.49. The Morgan fingerprint density at radius 1 is 0.969 bits per heavy atom.